The summed E-state index contributed by atoms with van der Waals surface area (Å²) in [5, 5.41) is 0. The Labute approximate surface area is 169 Å². The molecule has 2 aromatic heterocycles. The van der Waals surface area contributed by atoms with E-state index in [1.807, 2.05) is 29.2 Å². The highest BCUT2D eigenvalue weighted by atomic mass is 32.1. The van der Waals surface area contributed by atoms with Crippen molar-refractivity contribution in [3.05, 3.63) is 58.6 Å². The summed E-state index contributed by atoms with van der Waals surface area (Å²) in [5.74, 6) is 0.121. The standard InChI is InChI=1S/C22H25N3O2S/c1-15-13-19-21(28-15)14-20(25(19)16(2)18-7-5-4-6-8-18)22(27)24-11-9-23(10-12-24)17(3)26/h4-8,13-14,16H,9-12H2,1-3H3. The molecule has 1 fully saturated rings. The number of benzene rings is 1. The molecule has 1 aromatic carbocycles. The van der Waals surface area contributed by atoms with Crippen LogP contribution in [-0.2, 0) is 4.79 Å². The molecule has 4 rings (SSSR count). The first-order valence-electron chi connectivity index (χ1n) is 9.67. The fourth-order valence-electron chi connectivity index (χ4n) is 3.98. The van der Waals surface area contributed by atoms with Crippen molar-refractivity contribution in [1.82, 2.24) is 14.4 Å². The fourth-order valence-corrected chi connectivity index (χ4v) is 4.93. The van der Waals surface area contributed by atoms with Crippen LogP contribution in [0.3, 0.4) is 0 Å². The maximum Gasteiger partial charge on any atom is 0.270 e. The third-order valence-electron chi connectivity index (χ3n) is 5.55. The second-order valence-electron chi connectivity index (χ2n) is 7.39. The lowest BCUT2D eigenvalue weighted by Crippen LogP contribution is -2.50. The van der Waals surface area contributed by atoms with E-state index < -0.39 is 0 Å². The van der Waals surface area contributed by atoms with Gasteiger partial charge in [-0.2, -0.15) is 0 Å². The van der Waals surface area contributed by atoms with Gasteiger partial charge >= 0.3 is 0 Å². The van der Waals surface area contributed by atoms with Crippen molar-refractivity contribution < 1.29 is 9.59 Å². The number of aromatic nitrogens is 1. The zero-order valence-electron chi connectivity index (χ0n) is 16.5. The molecule has 28 heavy (non-hydrogen) atoms. The van der Waals surface area contributed by atoms with E-state index in [4.69, 9.17) is 0 Å². The lowest BCUT2D eigenvalue weighted by Gasteiger charge is -2.34. The number of fused-ring (bicyclic) bond motifs is 1. The van der Waals surface area contributed by atoms with E-state index in [2.05, 4.69) is 36.6 Å². The number of hydrogen-bond acceptors (Lipinski definition) is 3. The molecule has 1 aliphatic rings. The molecule has 5 nitrogen and oxygen atoms in total. The van der Waals surface area contributed by atoms with E-state index >= 15 is 0 Å². The Morgan fingerprint density at radius 3 is 2.29 bits per heavy atom. The maximum absolute atomic E-state index is 13.4. The smallest absolute Gasteiger partial charge is 0.270 e. The Morgan fingerprint density at radius 1 is 1.00 bits per heavy atom. The van der Waals surface area contributed by atoms with Crippen LogP contribution < -0.4 is 0 Å². The van der Waals surface area contributed by atoms with Crippen LogP contribution in [0, 0.1) is 6.92 Å². The van der Waals surface area contributed by atoms with Crippen molar-refractivity contribution in [1.29, 1.82) is 0 Å². The average Bonchev–Trinajstić information content (AvgIpc) is 3.23. The summed E-state index contributed by atoms with van der Waals surface area (Å²) < 4.78 is 3.32. The molecule has 1 unspecified atom stereocenters. The summed E-state index contributed by atoms with van der Waals surface area (Å²) in [7, 11) is 0. The lowest BCUT2D eigenvalue weighted by molar-refractivity contribution is -0.130. The van der Waals surface area contributed by atoms with Gasteiger partial charge in [0.25, 0.3) is 5.91 Å². The van der Waals surface area contributed by atoms with Gasteiger partial charge < -0.3 is 14.4 Å². The summed E-state index contributed by atoms with van der Waals surface area (Å²) in [5.41, 5.74) is 3.03. The summed E-state index contributed by atoms with van der Waals surface area (Å²) in [6.45, 7) is 8.19. The molecule has 1 aliphatic heterocycles. The first-order chi connectivity index (χ1) is 13.5. The van der Waals surface area contributed by atoms with Gasteiger partial charge in [0, 0.05) is 38.0 Å². The summed E-state index contributed by atoms with van der Waals surface area (Å²) in [6.07, 6.45) is 0. The zero-order chi connectivity index (χ0) is 19.8. The van der Waals surface area contributed by atoms with Gasteiger partial charge in [0.05, 0.1) is 16.3 Å². The van der Waals surface area contributed by atoms with E-state index in [0.717, 1.165) is 15.9 Å². The molecule has 0 spiro atoms. The monoisotopic (exact) mass is 395 g/mol. The highest BCUT2D eigenvalue weighted by Crippen LogP contribution is 2.34. The molecule has 0 radical (unpaired) electrons. The quantitative estimate of drug-likeness (QED) is 0.675. The first-order valence-corrected chi connectivity index (χ1v) is 10.5. The summed E-state index contributed by atoms with van der Waals surface area (Å²) in [6, 6.07) is 14.6. The Hall–Kier alpha value is -2.60. The average molecular weight is 396 g/mol. The van der Waals surface area contributed by atoms with E-state index in [1.54, 1.807) is 23.2 Å². The van der Waals surface area contributed by atoms with Crippen LogP contribution in [-0.4, -0.2) is 52.4 Å². The predicted molar refractivity (Wildman–Crippen MR) is 113 cm³/mol. The molecule has 1 atom stereocenters. The number of thiophene rings is 1. The number of carbonyl (C=O) groups excluding carboxylic acids is 2. The SMILES string of the molecule is CC(=O)N1CCN(C(=O)c2cc3sc(C)cc3n2C(C)c2ccccc2)CC1. The molecular formula is C22H25N3O2S. The van der Waals surface area contributed by atoms with Crippen LogP contribution in [0.1, 0.15) is 40.8 Å². The third-order valence-corrected chi connectivity index (χ3v) is 6.54. The van der Waals surface area contributed by atoms with Crippen molar-refractivity contribution in [3.63, 3.8) is 0 Å². The van der Waals surface area contributed by atoms with Crippen LogP contribution in [0.4, 0.5) is 0 Å². The third kappa shape index (κ3) is 3.33. The largest absolute Gasteiger partial charge is 0.339 e. The predicted octanol–water partition coefficient (Wildman–Crippen LogP) is 3.92. The molecule has 6 heteroatoms. The molecule has 0 aliphatic carbocycles. The van der Waals surface area contributed by atoms with E-state index in [0.29, 0.717) is 26.2 Å². The highest BCUT2D eigenvalue weighted by molar-refractivity contribution is 7.19. The molecule has 3 aromatic rings. The Balaban J connectivity index is 1.70. The first kappa shape index (κ1) is 18.7. The number of rotatable bonds is 3. The Bertz CT molecular complexity index is 1010. The molecule has 146 valence electrons. The highest BCUT2D eigenvalue weighted by Gasteiger charge is 2.28. The number of carbonyl (C=O) groups is 2. The normalized spacial score (nSPS) is 15.8. The molecule has 1 saturated heterocycles. The topological polar surface area (TPSA) is 45.6 Å². The van der Waals surface area contributed by atoms with Crippen molar-refractivity contribution in [2.24, 2.45) is 0 Å². The van der Waals surface area contributed by atoms with Crippen molar-refractivity contribution in [3.8, 4) is 0 Å². The van der Waals surface area contributed by atoms with Gasteiger partial charge in [-0.05, 0) is 31.5 Å². The maximum atomic E-state index is 13.4. The van der Waals surface area contributed by atoms with Gasteiger partial charge in [-0.15, -0.1) is 11.3 Å². The van der Waals surface area contributed by atoms with Gasteiger partial charge in [-0.25, -0.2) is 0 Å². The van der Waals surface area contributed by atoms with Crippen LogP contribution in [0.25, 0.3) is 10.2 Å². The number of nitrogens with zero attached hydrogens (tertiary/aromatic N) is 3. The molecular weight excluding hydrogens is 370 g/mol. The van der Waals surface area contributed by atoms with Crippen molar-refractivity contribution in [2.75, 3.05) is 26.2 Å². The molecule has 3 heterocycles. The number of hydrogen-bond donors (Lipinski definition) is 0. The second kappa shape index (κ2) is 7.43. The van der Waals surface area contributed by atoms with Gasteiger partial charge in [-0.1, -0.05) is 30.3 Å². The molecule has 2 amide bonds. The van der Waals surface area contributed by atoms with Crippen LogP contribution in [0.2, 0.25) is 0 Å². The minimum atomic E-state index is 0.0482. The van der Waals surface area contributed by atoms with Gasteiger partial charge in [0.15, 0.2) is 0 Å². The minimum absolute atomic E-state index is 0.0482. The molecule has 0 bridgehead atoms. The van der Waals surface area contributed by atoms with Crippen molar-refractivity contribution >= 4 is 33.4 Å². The van der Waals surface area contributed by atoms with Crippen LogP contribution >= 0.6 is 11.3 Å². The van der Waals surface area contributed by atoms with Gasteiger partial charge in [0.1, 0.15) is 5.69 Å². The zero-order valence-corrected chi connectivity index (χ0v) is 17.3. The number of amides is 2. The Morgan fingerprint density at radius 2 is 1.64 bits per heavy atom. The van der Waals surface area contributed by atoms with Crippen molar-refractivity contribution in [2.45, 2.75) is 26.8 Å². The second-order valence-corrected chi connectivity index (χ2v) is 8.68. The van der Waals surface area contributed by atoms with Gasteiger partial charge in [-0.3, -0.25) is 9.59 Å². The Kier molecular flexibility index (Phi) is 4.98. The van der Waals surface area contributed by atoms with Crippen LogP contribution in [0.5, 0.6) is 0 Å². The van der Waals surface area contributed by atoms with E-state index in [-0.39, 0.29) is 17.9 Å². The number of aryl methyl sites for hydroxylation is 1. The summed E-state index contributed by atoms with van der Waals surface area (Å²) >= 11 is 1.72. The number of piperazine rings is 1. The van der Waals surface area contributed by atoms with E-state index in [1.165, 1.54) is 10.4 Å². The molecule has 0 saturated carbocycles. The van der Waals surface area contributed by atoms with Crippen LogP contribution in [0.15, 0.2) is 42.5 Å². The minimum Gasteiger partial charge on any atom is -0.339 e. The van der Waals surface area contributed by atoms with E-state index in [9.17, 15) is 9.59 Å². The molecule has 0 N–H and O–H groups in total. The lowest BCUT2D eigenvalue weighted by atomic mass is 10.1. The van der Waals surface area contributed by atoms with Gasteiger partial charge in [0.2, 0.25) is 5.91 Å². The summed E-state index contributed by atoms with van der Waals surface area (Å²) in [4.78, 5) is 29.9. The fraction of sp³-hybridized carbons (Fsp3) is 0.364.